The zero-order valence-corrected chi connectivity index (χ0v) is 36.3. The van der Waals surface area contributed by atoms with Crippen molar-refractivity contribution in [2.75, 3.05) is 0 Å². The van der Waals surface area contributed by atoms with Gasteiger partial charge in [0.2, 0.25) is 0 Å². The summed E-state index contributed by atoms with van der Waals surface area (Å²) >= 11 is 0. The topological polar surface area (TPSA) is 0 Å². The van der Waals surface area contributed by atoms with Crippen LogP contribution >= 0.6 is 0 Å². The molecule has 10 rings (SSSR count). The van der Waals surface area contributed by atoms with E-state index >= 15 is 0 Å². The number of halogens is 2. The van der Waals surface area contributed by atoms with Crippen LogP contribution in [0.4, 0.5) is 0 Å². The van der Waals surface area contributed by atoms with Crippen LogP contribution in [-0.2, 0) is 26.2 Å². The van der Waals surface area contributed by atoms with E-state index in [1.807, 2.05) is 0 Å². The van der Waals surface area contributed by atoms with Crippen LogP contribution in [0.15, 0.2) is 106 Å². The standard InChI is InChI=1S/C47H59.2ClH.Zr/c1-30(2)37-25-35-29-44(8)42(6)20-12-11-18-40(42,4)41(5)19-13-14-21-43(41,7)46(44,10)45(35,9)31(3)39(37)36-16-15-17-38(36)47-26-32-22-33(27-47)24-34(23-32)28-47;;;/h11-15,17-21,25,29,32-34H,16,22-24,26-28H2,1-10H3;2*1H;/q-1;;;+3/p-2. The Labute approximate surface area is 336 Å². The molecule has 1 radical (unpaired) electrons. The molecule has 0 N–H and O–H groups in total. The molecular formula is C47H59Cl2Zr. The van der Waals surface area contributed by atoms with Crippen LogP contribution in [0.25, 0.3) is 0 Å². The SMILES string of the molecule is CC(C)=C1C=C2[CH-]C3(C)C4(C)C=CC=CC4(C)C4(C)C=CC=CC4(C)C3(C)C2(C)C(C)=C1C1=C(C23CC4CC(CC(C4)C2)C3)C=CC1.[Cl-].[Cl-].[Zr+3]. The molecule has 10 aliphatic carbocycles. The average Bonchev–Trinajstić information content (AvgIpc) is 3.57. The monoisotopic (exact) mass is 783 g/mol. The summed E-state index contributed by atoms with van der Waals surface area (Å²) in [6.45, 7) is 25.8. The Morgan fingerprint density at radius 2 is 1.18 bits per heavy atom. The molecule has 0 aromatic rings. The van der Waals surface area contributed by atoms with Gasteiger partial charge >= 0.3 is 26.2 Å². The molecule has 0 aromatic carbocycles. The fraction of sp³-hybridized carbons (Fsp3) is 0.596. The van der Waals surface area contributed by atoms with Gasteiger partial charge in [0.1, 0.15) is 0 Å². The zero-order chi connectivity index (χ0) is 33.2. The van der Waals surface area contributed by atoms with E-state index in [-0.39, 0.29) is 88.9 Å². The average molecular weight is 786 g/mol. The van der Waals surface area contributed by atoms with Gasteiger partial charge in [-0.15, -0.1) is 5.57 Å². The Balaban J connectivity index is 0.00000144. The van der Waals surface area contributed by atoms with Gasteiger partial charge in [0.25, 0.3) is 0 Å². The predicted molar refractivity (Wildman–Crippen MR) is 198 cm³/mol. The Morgan fingerprint density at radius 1 is 0.700 bits per heavy atom. The molecule has 7 unspecified atom stereocenters. The molecule has 6 saturated carbocycles. The predicted octanol–water partition coefficient (Wildman–Crippen LogP) is 6.59. The van der Waals surface area contributed by atoms with Crippen molar-refractivity contribution in [2.45, 2.75) is 114 Å². The van der Waals surface area contributed by atoms with Gasteiger partial charge in [0.05, 0.1) is 0 Å². The molecule has 265 valence electrons. The third-order valence-corrected chi connectivity index (χ3v) is 18.4. The normalized spacial score (nSPS) is 49.7. The summed E-state index contributed by atoms with van der Waals surface area (Å²) in [5.74, 6) is 2.88. The van der Waals surface area contributed by atoms with Crippen molar-refractivity contribution in [1.82, 2.24) is 0 Å². The maximum absolute atomic E-state index is 2.80. The van der Waals surface area contributed by atoms with Crippen molar-refractivity contribution >= 4 is 0 Å². The molecule has 0 heterocycles. The summed E-state index contributed by atoms with van der Waals surface area (Å²) in [6, 6.07) is 0. The Morgan fingerprint density at radius 3 is 1.70 bits per heavy atom. The van der Waals surface area contributed by atoms with Crippen LogP contribution in [0.5, 0.6) is 0 Å². The third kappa shape index (κ3) is 3.88. The first-order valence-electron chi connectivity index (χ1n) is 19.2. The van der Waals surface area contributed by atoms with Gasteiger partial charge in [-0.1, -0.05) is 126 Å². The summed E-state index contributed by atoms with van der Waals surface area (Å²) in [4.78, 5) is 0. The summed E-state index contributed by atoms with van der Waals surface area (Å²) in [7, 11) is 0. The van der Waals surface area contributed by atoms with E-state index in [1.165, 1.54) is 49.7 Å². The second kappa shape index (κ2) is 11.5. The van der Waals surface area contributed by atoms with Crippen molar-refractivity contribution in [3.05, 3.63) is 112 Å². The van der Waals surface area contributed by atoms with Gasteiger partial charge in [-0.3, -0.25) is 0 Å². The summed E-state index contributed by atoms with van der Waals surface area (Å²) < 4.78 is 0. The fourth-order valence-electron chi connectivity index (χ4n) is 15.6. The molecule has 6 fully saturated rings. The molecule has 7 atom stereocenters. The second-order valence-electron chi connectivity index (χ2n) is 19.6. The van der Waals surface area contributed by atoms with Gasteiger partial charge in [-0.25, -0.2) is 12.0 Å². The van der Waals surface area contributed by atoms with Gasteiger partial charge in [-0.05, 0) is 122 Å². The van der Waals surface area contributed by atoms with Gasteiger partial charge in [0.15, 0.2) is 0 Å². The molecule has 0 amide bonds. The fourth-order valence-corrected chi connectivity index (χ4v) is 15.6. The molecule has 0 nitrogen and oxygen atoms in total. The maximum Gasteiger partial charge on any atom is 3.00 e. The number of allylic oxidation sites excluding steroid dienone is 18. The van der Waals surface area contributed by atoms with E-state index in [0.29, 0.717) is 5.41 Å². The van der Waals surface area contributed by atoms with Crippen molar-refractivity contribution in [3.8, 4) is 0 Å². The van der Waals surface area contributed by atoms with Crippen LogP contribution in [0.1, 0.15) is 114 Å². The quantitative estimate of drug-likeness (QED) is 0.278. The molecule has 0 saturated heterocycles. The van der Waals surface area contributed by atoms with Crippen LogP contribution in [0.3, 0.4) is 0 Å². The van der Waals surface area contributed by atoms with Crippen molar-refractivity contribution < 1.29 is 51.0 Å². The largest absolute Gasteiger partial charge is 3.00 e. The first-order chi connectivity index (χ1) is 22.1. The molecule has 4 bridgehead atoms. The first-order valence-corrected chi connectivity index (χ1v) is 19.2. The molecule has 50 heavy (non-hydrogen) atoms. The molecule has 3 heteroatoms. The van der Waals surface area contributed by atoms with Crippen molar-refractivity contribution in [2.24, 2.45) is 61.1 Å². The molecular weight excluding hydrogens is 727 g/mol. The Hall–Kier alpha value is -1.01. The summed E-state index contributed by atoms with van der Waals surface area (Å²) in [5.41, 5.74) is 11.0. The second-order valence-corrected chi connectivity index (χ2v) is 19.6. The number of fused-ring (bicyclic) bond motifs is 8. The van der Waals surface area contributed by atoms with Gasteiger partial charge < -0.3 is 24.8 Å². The Bertz CT molecular complexity index is 1770. The van der Waals surface area contributed by atoms with Gasteiger partial charge in [0, 0.05) is 16.2 Å². The van der Waals surface area contributed by atoms with E-state index in [1.54, 1.807) is 27.9 Å². The summed E-state index contributed by atoms with van der Waals surface area (Å²) in [6.07, 6.45) is 40.4. The van der Waals surface area contributed by atoms with Crippen LogP contribution in [0, 0.1) is 67.5 Å². The maximum atomic E-state index is 2.80. The molecule has 0 aromatic heterocycles. The number of hydrogen-bond acceptors (Lipinski definition) is 0. The Kier molecular flexibility index (Phi) is 8.90. The summed E-state index contributed by atoms with van der Waals surface area (Å²) in [5, 5.41) is 0. The molecule has 0 aliphatic heterocycles. The minimum Gasteiger partial charge on any atom is -1.00 e. The van der Waals surface area contributed by atoms with E-state index in [4.69, 9.17) is 0 Å². The van der Waals surface area contributed by atoms with E-state index < -0.39 is 0 Å². The van der Waals surface area contributed by atoms with Crippen LogP contribution in [0.2, 0.25) is 0 Å². The van der Waals surface area contributed by atoms with Crippen molar-refractivity contribution in [1.29, 1.82) is 0 Å². The minimum absolute atomic E-state index is 0. The third-order valence-electron chi connectivity index (χ3n) is 18.4. The molecule has 10 aliphatic rings. The van der Waals surface area contributed by atoms with E-state index in [2.05, 4.69) is 142 Å². The smallest absolute Gasteiger partial charge is 1.00 e. The van der Waals surface area contributed by atoms with Gasteiger partial charge in [-0.2, -0.15) is 6.08 Å². The van der Waals surface area contributed by atoms with Crippen molar-refractivity contribution in [3.63, 3.8) is 0 Å². The minimum atomic E-state index is -0.122. The zero-order valence-electron chi connectivity index (χ0n) is 32.4. The van der Waals surface area contributed by atoms with E-state index in [0.717, 1.165) is 24.2 Å². The van der Waals surface area contributed by atoms with Crippen LogP contribution < -0.4 is 24.8 Å². The van der Waals surface area contributed by atoms with E-state index in [9.17, 15) is 0 Å². The molecule has 0 spiro atoms. The number of hydrogen-bond donors (Lipinski definition) is 0. The first kappa shape index (κ1) is 38.7. The van der Waals surface area contributed by atoms with Crippen LogP contribution in [-0.4, -0.2) is 0 Å². The number of rotatable bonds is 2.